The van der Waals surface area contributed by atoms with Crippen molar-refractivity contribution in [3.05, 3.63) is 57.6 Å². The molecule has 1 aliphatic carbocycles. The van der Waals surface area contributed by atoms with Gasteiger partial charge in [-0.05, 0) is 18.4 Å². The maximum atomic E-state index is 13.6. The van der Waals surface area contributed by atoms with Gasteiger partial charge in [0.05, 0.1) is 18.7 Å². The van der Waals surface area contributed by atoms with Gasteiger partial charge >= 0.3 is 0 Å². The Bertz CT molecular complexity index is 1270. The second kappa shape index (κ2) is 11.0. The lowest BCUT2D eigenvalue weighted by Gasteiger charge is -2.40. The number of aliphatic hydroxyl groups excluding tert-OH is 5. The van der Waals surface area contributed by atoms with Crippen LogP contribution in [0.4, 0.5) is 0 Å². The molecule has 1 saturated heterocycles. The molecular weight excluding hydrogens is 502 g/mol. The molecular formula is C25H29N3O10. The molecule has 2 aliphatic rings. The topological polar surface area (TPSA) is 238 Å². The Morgan fingerprint density at radius 1 is 0.947 bits per heavy atom. The van der Waals surface area contributed by atoms with Gasteiger partial charge < -0.3 is 51.6 Å². The van der Waals surface area contributed by atoms with Crippen molar-refractivity contribution in [1.82, 2.24) is 0 Å². The number of ketones is 2. The maximum absolute atomic E-state index is 13.6. The Morgan fingerprint density at radius 2 is 1.58 bits per heavy atom. The summed E-state index contributed by atoms with van der Waals surface area (Å²) < 4.78 is 11.2. The van der Waals surface area contributed by atoms with Crippen LogP contribution < -0.4 is 16.2 Å². The zero-order valence-corrected chi connectivity index (χ0v) is 20.1. The quantitative estimate of drug-likeness (QED) is 0.117. The Labute approximate surface area is 216 Å². The summed E-state index contributed by atoms with van der Waals surface area (Å²) in [7, 11) is 0. The van der Waals surface area contributed by atoms with Crippen molar-refractivity contribution in [2.45, 2.75) is 50.1 Å². The molecule has 0 radical (unpaired) electrons. The number of benzene rings is 2. The molecule has 0 aromatic heterocycles. The minimum Gasteiger partial charge on any atom is -0.504 e. The molecule has 4 rings (SSSR count). The lowest BCUT2D eigenvalue weighted by atomic mass is 9.78. The third-order valence-electron chi connectivity index (χ3n) is 6.60. The molecule has 1 aliphatic heterocycles. The van der Waals surface area contributed by atoms with Crippen LogP contribution in [0.1, 0.15) is 49.4 Å². The van der Waals surface area contributed by atoms with E-state index in [0.29, 0.717) is 0 Å². The number of phenols is 1. The standard InChI is InChI=1S/C25H29N3O10/c26-25(27)28-8-13-10(6-3-7-29)15-16(18(32)12-5-2-1-4-11(12)17(15)31)20(34)23(13)38-24-22(36)21(35)19(33)14(9-30)37-24/h1-2,4-5,14,19,21-22,24,29-30,33-36H,3,6-9H2,(H4,26,27,28). The van der Waals surface area contributed by atoms with Crippen LogP contribution in [0.3, 0.4) is 0 Å². The molecule has 38 heavy (non-hydrogen) atoms. The Kier molecular flexibility index (Phi) is 7.97. The number of nitrogens with zero attached hydrogens (tertiary/aromatic N) is 1. The van der Waals surface area contributed by atoms with E-state index < -0.39 is 60.4 Å². The van der Waals surface area contributed by atoms with Gasteiger partial charge in [0, 0.05) is 28.9 Å². The molecule has 10 N–H and O–H groups in total. The van der Waals surface area contributed by atoms with Crippen LogP contribution in [0.5, 0.6) is 11.5 Å². The fourth-order valence-corrected chi connectivity index (χ4v) is 4.71. The molecule has 13 heteroatoms. The SMILES string of the molecule is NC(N)=NCc1c(CCCO)c2c(c(O)c1OC1OC(CO)C(O)C(O)C1O)C(=O)c1ccccc1C2=O. The molecule has 204 valence electrons. The molecule has 1 heterocycles. The molecule has 2 aromatic carbocycles. The average Bonchev–Trinajstić information content (AvgIpc) is 2.90. The van der Waals surface area contributed by atoms with Crippen molar-refractivity contribution in [3.8, 4) is 11.5 Å². The number of nitrogens with two attached hydrogens (primary N) is 2. The predicted molar refractivity (Wildman–Crippen MR) is 131 cm³/mol. The van der Waals surface area contributed by atoms with Gasteiger partial charge in [0.1, 0.15) is 24.4 Å². The number of aromatic hydroxyl groups is 1. The van der Waals surface area contributed by atoms with Gasteiger partial charge in [-0.2, -0.15) is 0 Å². The van der Waals surface area contributed by atoms with Crippen LogP contribution in [-0.4, -0.2) is 92.1 Å². The van der Waals surface area contributed by atoms with Crippen molar-refractivity contribution in [3.63, 3.8) is 0 Å². The highest BCUT2D eigenvalue weighted by molar-refractivity contribution is 6.30. The first-order valence-electron chi connectivity index (χ1n) is 11.8. The monoisotopic (exact) mass is 531 g/mol. The number of carbonyl (C=O) groups excluding carboxylic acids is 2. The normalized spacial score (nSPS) is 24.5. The summed E-state index contributed by atoms with van der Waals surface area (Å²) in [6, 6.07) is 6.09. The van der Waals surface area contributed by atoms with E-state index in [1.807, 2.05) is 0 Å². The smallest absolute Gasteiger partial charge is 0.229 e. The van der Waals surface area contributed by atoms with E-state index in [1.54, 1.807) is 12.1 Å². The van der Waals surface area contributed by atoms with Crippen LogP contribution >= 0.6 is 0 Å². The van der Waals surface area contributed by atoms with Crippen LogP contribution in [0.2, 0.25) is 0 Å². The van der Waals surface area contributed by atoms with E-state index in [-0.39, 0.29) is 65.3 Å². The highest BCUT2D eigenvalue weighted by Crippen LogP contribution is 2.45. The second-order valence-corrected chi connectivity index (χ2v) is 8.97. The number of rotatable bonds is 8. The highest BCUT2D eigenvalue weighted by atomic mass is 16.7. The number of phenolic OH excluding ortho intramolecular Hbond substituents is 1. The van der Waals surface area contributed by atoms with E-state index in [0.717, 1.165) is 0 Å². The Balaban J connectivity index is 1.95. The van der Waals surface area contributed by atoms with E-state index in [2.05, 4.69) is 4.99 Å². The minimum absolute atomic E-state index is 0.0562. The van der Waals surface area contributed by atoms with Gasteiger partial charge in [-0.25, -0.2) is 4.99 Å². The lowest BCUT2D eigenvalue weighted by Crippen LogP contribution is -2.60. The van der Waals surface area contributed by atoms with Crippen molar-refractivity contribution >= 4 is 17.5 Å². The number of guanidine groups is 1. The van der Waals surface area contributed by atoms with Crippen LogP contribution in [0, 0.1) is 0 Å². The van der Waals surface area contributed by atoms with E-state index in [4.69, 9.17) is 20.9 Å². The molecule has 1 fully saturated rings. The number of carbonyl (C=O) groups is 2. The van der Waals surface area contributed by atoms with Gasteiger partial charge in [0.15, 0.2) is 29.0 Å². The third-order valence-corrected chi connectivity index (χ3v) is 6.60. The van der Waals surface area contributed by atoms with Crippen molar-refractivity contribution in [2.75, 3.05) is 13.2 Å². The number of ether oxygens (including phenoxy) is 2. The third kappa shape index (κ3) is 4.71. The molecule has 2 aromatic rings. The summed E-state index contributed by atoms with van der Waals surface area (Å²) in [5.41, 5.74) is 11.1. The molecule has 5 unspecified atom stereocenters. The highest BCUT2D eigenvalue weighted by Gasteiger charge is 2.46. The number of aliphatic hydroxyl groups is 5. The summed E-state index contributed by atoms with van der Waals surface area (Å²) >= 11 is 0. The molecule has 0 bridgehead atoms. The molecule has 5 atom stereocenters. The minimum atomic E-state index is -1.84. The molecule has 0 spiro atoms. The van der Waals surface area contributed by atoms with Crippen LogP contribution in [-0.2, 0) is 17.7 Å². The molecule has 0 amide bonds. The average molecular weight is 532 g/mol. The predicted octanol–water partition coefficient (Wildman–Crippen LogP) is -1.96. The Morgan fingerprint density at radius 3 is 2.16 bits per heavy atom. The van der Waals surface area contributed by atoms with Gasteiger partial charge in [-0.15, -0.1) is 0 Å². The first-order valence-corrected chi connectivity index (χ1v) is 11.8. The maximum Gasteiger partial charge on any atom is 0.229 e. The van der Waals surface area contributed by atoms with Crippen LogP contribution in [0.25, 0.3) is 0 Å². The first kappa shape index (κ1) is 27.4. The number of fused-ring (bicyclic) bond motifs is 2. The van der Waals surface area contributed by atoms with Gasteiger partial charge in [-0.3, -0.25) is 9.59 Å². The zero-order chi connectivity index (χ0) is 27.7. The summed E-state index contributed by atoms with van der Waals surface area (Å²) in [6.45, 7) is -1.33. The van der Waals surface area contributed by atoms with E-state index in [9.17, 15) is 40.2 Å². The van der Waals surface area contributed by atoms with Gasteiger partial charge in [-0.1, -0.05) is 24.3 Å². The van der Waals surface area contributed by atoms with E-state index in [1.165, 1.54) is 12.1 Å². The zero-order valence-electron chi connectivity index (χ0n) is 20.1. The second-order valence-electron chi connectivity index (χ2n) is 8.97. The summed E-state index contributed by atoms with van der Waals surface area (Å²) in [4.78, 5) is 31.1. The lowest BCUT2D eigenvalue weighted by molar-refractivity contribution is -0.277. The fourth-order valence-electron chi connectivity index (χ4n) is 4.71. The fraction of sp³-hybridized carbons (Fsp3) is 0.400. The van der Waals surface area contributed by atoms with Crippen LogP contribution in [0.15, 0.2) is 29.3 Å². The number of hydrogen-bond donors (Lipinski definition) is 8. The van der Waals surface area contributed by atoms with Crippen molar-refractivity contribution in [2.24, 2.45) is 16.5 Å². The summed E-state index contributed by atoms with van der Waals surface area (Å²) in [6.07, 6.45) is -8.10. The first-order chi connectivity index (χ1) is 18.1. The Hall–Kier alpha value is -3.59. The summed E-state index contributed by atoms with van der Waals surface area (Å²) in [5.74, 6) is -2.69. The van der Waals surface area contributed by atoms with E-state index >= 15 is 0 Å². The number of aliphatic imine (C=N–C) groups is 1. The molecule has 13 nitrogen and oxygen atoms in total. The van der Waals surface area contributed by atoms with Gasteiger partial charge in [0.2, 0.25) is 6.29 Å². The molecule has 0 saturated carbocycles. The van der Waals surface area contributed by atoms with Gasteiger partial charge in [0.25, 0.3) is 0 Å². The largest absolute Gasteiger partial charge is 0.504 e. The van der Waals surface area contributed by atoms with Crippen molar-refractivity contribution < 1.29 is 49.7 Å². The summed E-state index contributed by atoms with van der Waals surface area (Å²) in [5, 5.41) is 61.2. The van der Waals surface area contributed by atoms with Crippen molar-refractivity contribution in [1.29, 1.82) is 0 Å². The number of hydrogen-bond acceptors (Lipinski definition) is 11.